The Hall–Kier alpha value is -2.08. The highest BCUT2D eigenvalue weighted by Crippen LogP contribution is 2.36. The minimum Gasteiger partial charge on any atom is -0.454 e. The van der Waals surface area contributed by atoms with Gasteiger partial charge in [-0.2, -0.15) is 13.2 Å². The molecule has 0 aliphatic carbocycles. The van der Waals surface area contributed by atoms with Crippen LogP contribution in [0.25, 0.3) is 0 Å². The predicted octanol–water partition coefficient (Wildman–Crippen LogP) is 4.44. The molecule has 2 nitrogen and oxygen atoms in total. The van der Waals surface area contributed by atoms with Crippen LogP contribution in [0.2, 0.25) is 0 Å². The first-order valence-electron chi connectivity index (χ1n) is 6.07. The average molecular weight is 300 g/mol. The fourth-order valence-corrected chi connectivity index (χ4v) is 1.85. The summed E-state index contributed by atoms with van der Waals surface area (Å²) in [5.74, 6) is -0.929. The van der Waals surface area contributed by atoms with E-state index < -0.39 is 24.2 Å². The Morgan fingerprint density at radius 3 is 2.48 bits per heavy atom. The Labute approximate surface area is 118 Å². The van der Waals surface area contributed by atoms with Crippen molar-refractivity contribution < 1.29 is 27.4 Å². The molecule has 6 heteroatoms. The van der Waals surface area contributed by atoms with Gasteiger partial charge in [-0.1, -0.05) is 18.2 Å². The first-order chi connectivity index (χ1) is 9.82. The van der Waals surface area contributed by atoms with Gasteiger partial charge in [-0.15, -0.1) is 0 Å². The van der Waals surface area contributed by atoms with Gasteiger partial charge < -0.3 is 9.84 Å². The van der Waals surface area contributed by atoms with E-state index in [1.165, 1.54) is 25.1 Å². The minimum atomic E-state index is -4.62. The van der Waals surface area contributed by atoms with Crippen LogP contribution in [0.1, 0.15) is 16.7 Å². The van der Waals surface area contributed by atoms with Crippen molar-refractivity contribution in [2.24, 2.45) is 0 Å². The van der Waals surface area contributed by atoms with Crippen LogP contribution in [0.5, 0.6) is 11.5 Å². The molecular formula is C15H12F4O2. The second kappa shape index (κ2) is 5.73. The van der Waals surface area contributed by atoms with Crippen molar-refractivity contribution in [1.29, 1.82) is 0 Å². The van der Waals surface area contributed by atoms with Crippen molar-refractivity contribution in [3.8, 4) is 11.5 Å². The van der Waals surface area contributed by atoms with E-state index in [0.717, 1.165) is 12.1 Å². The van der Waals surface area contributed by atoms with Gasteiger partial charge in [0.05, 0.1) is 12.2 Å². The third-order valence-electron chi connectivity index (χ3n) is 2.94. The molecule has 0 aliphatic heterocycles. The molecule has 0 spiro atoms. The molecular weight excluding hydrogens is 288 g/mol. The first-order valence-corrected chi connectivity index (χ1v) is 6.07. The van der Waals surface area contributed by atoms with Crippen LogP contribution >= 0.6 is 0 Å². The summed E-state index contributed by atoms with van der Waals surface area (Å²) in [6.45, 7) is 0.784. The topological polar surface area (TPSA) is 29.5 Å². The van der Waals surface area contributed by atoms with E-state index in [9.17, 15) is 17.6 Å². The highest BCUT2D eigenvalue weighted by atomic mass is 19.4. The molecule has 0 saturated heterocycles. The molecule has 0 bridgehead atoms. The Bertz CT molecular complexity index is 651. The third kappa shape index (κ3) is 3.33. The molecule has 0 heterocycles. The molecule has 2 aromatic carbocycles. The maximum Gasteiger partial charge on any atom is 0.416 e. The Morgan fingerprint density at radius 1 is 1.14 bits per heavy atom. The van der Waals surface area contributed by atoms with E-state index in [-0.39, 0.29) is 17.1 Å². The Balaban J connectivity index is 2.40. The molecule has 112 valence electrons. The minimum absolute atomic E-state index is 0.149. The van der Waals surface area contributed by atoms with Crippen molar-refractivity contribution in [2.45, 2.75) is 19.7 Å². The number of aliphatic hydroxyl groups is 1. The fraction of sp³-hybridized carbons (Fsp3) is 0.200. The Kier molecular flexibility index (Phi) is 4.18. The summed E-state index contributed by atoms with van der Waals surface area (Å²) >= 11 is 0. The number of alkyl halides is 3. The SMILES string of the molecule is Cc1cccc(Oc2ccc(CO)c(C(F)(F)F)c2)c1F. The van der Waals surface area contributed by atoms with Gasteiger partial charge in [-0.3, -0.25) is 0 Å². The van der Waals surface area contributed by atoms with Gasteiger partial charge in [0.15, 0.2) is 11.6 Å². The van der Waals surface area contributed by atoms with Crippen molar-refractivity contribution in [3.05, 3.63) is 58.9 Å². The van der Waals surface area contributed by atoms with Gasteiger partial charge in [-0.05, 0) is 36.2 Å². The lowest BCUT2D eigenvalue weighted by molar-refractivity contribution is -0.138. The third-order valence-corrected chi connectivity index (χ3v) is 2.94. The maximum atomic E-state index is 13.8. The highest BCUT2D eigenvalue weighted by molar-refractivity contribution is 5.40. The number of rotatable bonds is 3. The van der Waals surface area contributed by atoms with Gasteiger partial charge in [0.25, 0.3) is 0 Å². The molecule has 0 fully saturated rings. The van der Waals surface area contributed by atoms with Crippen molar-refractivity contribution in [3.63, 3.8) is 0 Å². The number of benzene rings is 2. The van der Waals surface area contributed by atoms with E-state index in [4.69, 9.17) is 9.84 Å². The highest BCUT2D eigenvalue weighted by Gasteiger charge is 2.33. The van der Waals surface area contributed by atoms with Crippen LogP contribution in [0.4, 0.5) is 17.6 Å². The van der Waals surface area contributed by atoms with Gasteiger partial charge in [0.2, 0.25) is 0 Å². The van der Waals surface area contributed by atoms with E-state index in [0.29, 0.717) is 5.56 Å². The van der Waals surface area contributed by atoms with Crippen molar-refractivity contribution >= 4 is 0 Å². The quantitative estimate of drug-likeness (QED) is 0.849. The molecule has 0 amide bonds. The fourth-order valence-electron chi connectivity index (χ4n) is 1.85. The molecule has 2 aromatic rings. The number of halogens is 4. The number of hydrogen-bond donors (Lipinski definition) is 1. The molecule has 0 atom stereocenters. The van der Waals surface area contributed by atoms with Crippen LogP contribution in [-0.2, 0) is 12.8 Å². The van der Waals surface area contributed by atoms with Crippen molar-refractivity contribution in [1.82, 2.24) is 0 Å². The average Bonchev–Trinajstić information content (AvgIpc) is 2.43. The predicted molar refractivity (Wildman–Crippen MR) is 68.6 cm³/mol. The molecule has 0 saturated carbocycles. The molecule has 0 aromatic heterocycles. The van der Waals surface area contributed by atoms with E-state index in [1.54, 1.807) is 6.07 Å². The van der Waals surface area contributed by atoms with E-state index >= 15 is 0 Å². The van der Waals surface area contributed by atoms with Gasteiger partial charge in [0, 0.05) is 0 Å². The summed E-state index contributed by atoms with van der Waals surface area (Å²) in [6, 6.07) is 7.50. The van der Waals surface area contributed by atoms with Crippen LogP contribution in [0, 0.1) is 12.7 Å². The van der Waals surface area contributed by atoms with E-state index in [2.05, 4.69) is 0 Å². The molecule has 1 N–H and O–H groups in total. The molecule has 21 heavy (non-hydrogen) atoms. The lowest BCUT2D eigenvalue weighted by Gasteiger charge is -2.14. The zero-order valence-electron chi connectivity index (χ0n) is 11.0. The molecule has 0 radical (unpaired) electrons. The molecule has 0 unspecified atom stereocenters. The monoisotopic (exact) mass is 300 g/mol. The van der Waals surface area contributed by atoms with Gasteiger partial charge >= 0.3 is 6.18 Å². The molecule has 0 aliphatic rings. The summed E-state index contributed by atoms with van der Waals surface area (Å²) < 4.78 is 57.5. The van der Waals surface area contributed by atoms with Crippen LogP contribution < -0.4 is 4.74 Å². The zero-order chi connectivity index (χ0) is 15.6. The summed E-state index contributed by atoms with van der Waals surface area (Å²) in [6.07, 6.45) is -4.62. The number of hydrogen-bond acceptors (Lipinski definition) is 2. The summed E-state index contributed by atoms with van der Waals surface area (Å²) in [5, 5.41) is 8.94. The van der Waals surface area contributed by atoms with Crippen molar-refractivity contribution in [2.75, 3.05) is 0 Å². The Morgan fingerprint density at radius 2 is 1.86 bits per heavy atom. The number of aliphatic hydroxyl groups excluding tert-OH is 1. The lowest BCUT2D eigenvalue weighted by atomic mass is 10.1. The number of ether oxygens (including phenoxy) is 1. The molecule has 2 rings (SSSR count). The van der Waals surface area contributed by atoms with Crippen LogP contribution in [0.3, 0.4) is 0 Å². The van der Waals surface area contributed by atoms with E-state index in [1.807, 2.05) is 0 Å². The van der Waals surface area contributed by atoms with Crippen LogP contribution in [-0.4, -0.2) is 5.11 Å². The van der Waals surface area contributed by atoms with Gasteiger partial charge in [0.1, 0.15) is 5.75 Å². The first kappa shape index (κ1) is 15.3. The second-order valence-electron chi connectivity index (χ2n) is 4.46. The largest absolute Gasteiger partial charge is 0.454 e. The summed E-state index contributed by atoms with van der Waals surface area (Å²) in [5.41, 5.74) is -0.939. The second-order valence-corrected chi connectivity index (χ2v) is 4.46. The van der Waals surface area contributed by atoms with Crippen LogP contribution in [0.15, 0.2) is 36.4 Å². The normalized spacial score (nSPS) is 11.5. The summed E-state index contributed by atoms with van der Waals surface area (Å²) in [7, 11) is 0. The number of aryl methyl sites for hydroxylation is 1. The smallest absolute Gasteiger partial charge is 0.416 e. The lowest BCUT2D eigenvalue weighted by Crippen LogP contribution is -2.09. The summed E-state index contributed by atoms with van der Waals surface area (Å²) in [4.78, 5) is 0. The standard InChI is InChI=1S/C15H12F4O2/c1-9-3-2-4-13(14(9)16)21-11-6-5-10(8-20)12(7-11)15(17,18)19/h2-7,20H,8H2,1H3. The van der Waals surface area contributed by atoms with Gasteiger partial charge in [-0.25, -0.2) is 4.39 Å². The maximum absolute atomic E-state index is 13.8. The zero-order valence-corrected chi connectivity index (χ0v) is 11.0.